The highest BCUT2D eigenvalue weighted by atomic mass is 35.5. The van der Waals surface area contributed by atoms with Crippen molar-refractivity contribution in [3.05, 3.63) is 101 Å². The van der Waals surface area contributed by atoms with Crippen LogP contribution in [0.3, 0.4) is 0 Å². The number of halogens is 1. The van der Waals surface area contributed by atoms with Gasteiger partial charge in [-0.3, -0.25) is 9.59 Å². The van der Waals surface area contributed by atoms with Crippen LogP contribution in [0.25, 0.3) is 0 Å². The van der Waals surface area contributed by atoms with Gasteiger partial charge in [0.2, 0.25) is 11.8 Å². The van der Waals surface area contributed by atoms with Crippen LogP contribution >= 0.6 is 11.6 Å². The summed E-state index contributed by atoms with van der Waals surface area (Å²) in [6, 6.07) is 22.1. The third-order valence-electron chi connectivity index (χ3n) is 7.15. The van der Waals surface area contributed by atoms with Gasteiger partial charge in [0, 0.05) is 5.92 Å². The molecule has 1 heterocycles. The molecule has 0 spiro atoms. The van der Waals surface area contributed by atoms with Crippen molar-refractivity contribution < 1.29 is 19.1 Å². The number of hydrogen-bond donors (Lipinski definition) is 0. The first kappa shape index (κ1) is 20.2. The number of esters is 1. The molecular formula is C27H20ClNO4. The smallest absolute Gasteiger partial charge is 0.338 e. The Morgan fingerprint density at radius 2 is 1.48 bits per heavy atom. The van der Waals surface area contributed by atoms with E-state index in [4.69, 9.17) is 16.3 Å². The molecule has 7 rings (SSSR count). The van der Waals surface area contributed by atoms with E-state index in [1.807, 2.05) is 48.5 Å². The molecule has 3 aliphatic carbocycles. The first-order valence-corrected chi connectivity index (χ1v) is 11.4. The summed E-state index contributed by atoms with van der Waals surface area (Å²) in [5.41, 5.74) is 4.61. The lowest BCUT2D eigenvalue weighted by atomic mass is 9.54. The maximum Gasteiger partial charge on any atom is 0.338 e. The summed E-state index contributed by atoms with van der Waals surface area (Å²) in [4.78, 5) is 39.7. The molecule has 0 radical (unpaired) electrons. The zero-order chi connectivity index (χ0) is 22.9. The van der Waals surface area contributed by atoms with E-state index in [9.17, 15) is 14.4 Å². The van der Waals surface area contributed by atoms with Crippen molar-refractivity contribution in [2.24, 2.45) is 11.8 Å². The van der Waals surface area contributed by atoms with Crippen molar-refractivity contribution in [2.75, 3.05) is 11.5 Å². The van der Waals surface area contributed by atoms with Gasteiger partial charge in [-0.05, 0) is 53.4 Å². The summed E-state index contributed by atoms with van der Waals surface area (Å²) in [5.74, 6) is -2.52. The van der Waals surface area contributed by atoms with Crippen molar-refractivity contribution >= 4 is 35.1 Å². The van der Waals surface area contributed by atoms with Gasteiger partial charge >= 0.3 is 5.97 Å². The Bertz CT molecular complexity index is 1280. The molecule has 1 fully saturated rings. The number of carbonyl (C=O) groups is 3. The van der Waals surface area contributed by atoms with Crippen LogP contribution in [0.1, 0.15) is 45.5 Å². The third kappa shape index (κ3) is 2.51. The molecule has 0 saturated carbocycles. The van der Waals surface area contributed by atoms with Crippen LogP contribution in [-0.4, -0.2) is 24.4 Å². The van der Waals surface area contributed by atoms with Gasteiger partial charge in [0.05, 0.1) is 29.7 Å². The second-order valence-corrected chi connectivity index (χ2v) is 9.24. The molecule has 2 bridgehead atoms. The van der Waals surface area contributed by atoms with Gasteiger partial charge in [0.1, 0.15) is 4.87 Å². The van der Waals surface area contributed by atoms with Crippen LogP contribution in [0.2, 0.25) is 0 Å². The van der Waals surface area contributed by atoms with Crippen LogP contribution in [0.15, 0.2) is 72.8 Å². The lowest BCUT2D eigenvalue weighted by Gasteiger charge is -2.50. The number of hydrogen-bond acceptors (Lipinski definition) is 4. The lowest BCUT2D eigenvalue weighted by Crippen LogP contribution is -2.50. The monoisotopic (exact) mass is 457 g/mol. The molecule has 3 aromatic carbocycles. The number of amides is 2. The average molecular weight is 458 g/mol. The number of ether oxygens (including phenoxy) is 1. The molecule has 33 heavy (non-hydrogen) atoms. The Kier molecular flexibility index (Phi) is 4.30. The van der Waals surface area contributed by atoms with Crippen molar-refractivity contribution in [3.63, 3.8) is 0 Å². The van der Waals surface area contributed by atoms with Gasteiger partial charge in [-0.15, -0.1) is 11.6 Å². The van der Waals surface area contributed by atoms with E-state index in [2.05, 4.69) is 0 Å². The number of alkyl halides is 1. The van der Waals surface area contributed by atoms with E-state index < -0.39 is 22.7 Å². The Hall–Kier alpha value is -3.44. The summed E-state index contributed by atoms with van der Waals surface area (Å²) >= 11 is 7.41. The Morgan fingerprint density at radius 1 is 0.909 bits per heavy atom. The number of carbonyl (C=O) groups excluding carboxylic acids is 3. The molecule has 0 N–H and O–H groups in total. The van der Waals surface area contributed by atoms with Crippen molar-refractivity contribution in [2.45, 2.75) is 17.7 Å². The largest absolute Gasteiger partial charge is 0.462 e. The maximum atomic E-state index is 13.8. The van der Waals surface area contributed by atoms with Crippen LogP contribution in [0.4, 0.5) is 5.69 Å². The molecule has 4 aliphatic rings. The van der Waals surface area contributed by atoms with Crippen LogP contribution in [0, 0.1) is 11.8 Å². The predicted octanol–water partition coefficient (Wildman–Crippen LogP) is 4.61. The van der Waals surface area contributed by atoms with Gasteiger partial charge in [-0.2, -0.15) is 0 Å². The second-order valence-electron chi connectivity index (χ2n) is 8.65. The fraction of sp³-hybridized carbons (Fsp3) is 0.222. The minimum atomic E-state index is -1.11. The summed E-state index contributed by atoms with van der Waals surface area (Å²) in [5, 5.41) is 0. The normalized spacial score (nSPS) is 26.6. The van der Waals surface area contributed by atoms with Gasteiger partial charge in [0.25, 0.3) is 0 Å². The first-order valence-electron chi connectivity index (χ1n) is 11.0. The molecule has 1 saturated heterocycles. The van der Waals surface area contributed by atoms with E-state index in [0.717, 1.165) is 22.3 Å². The van der Waals surface area contributed by atoms with Crippen molar-refractivity contribution in [1.82, 2.24) is 0 Å². The molecule has 2 amide bonds. The lowest BCUT2D eigenvalue weighted by molar-refractivity contribution is -0.122. The SMILES string of the molecule is CCOC(=O)c1ccc(N2C(=O)[C@@H]3C4c5ccccc5C(Cl)(c5ccccc54)[C@@H]3C2=O)cc1. The minimum absolute atomic E-state index is 0.233. The fourth-order valence-corrected chi connectivity index (χ4v) is 6.47. The van der Waals surface area contributed by atoms with Crippen LogP contribution in [0.5, 0.6) is 0 Å². The Morgan fingerprint density at radius 3 is 2.06 bits per heavy atom. The summed E-state index contributed by atoms with van der Waals surface area (Å²) in [6.45, 7) is 2.01. The zero-order valence-electron chi connectivity index (χ0n) is 17.8. The molecule has 3 aromatic rings. The summed E-state index contributed by atoms with van der Waals surface area (Å²) in [6.07, 6.45) is 0. The van der Waals surface area contributed by atoms with Crippen molar-refractivity contribution in [1.29, 1.82) is 0 Å². The third-order valence-corrected chi connectivity index (χ3v) is 7.79. The highest BCUT2D eigenvalue weighted by Gasteiger charge is 2.67. The van der Waals surface area contributed by atoms with E-state index in [-0.39, 0.29) is 24.3 Å². The molecule has 1 aliphatic heterocycles. The maximum absolute atomic E-state index is 13.8. The number of nitrogens with zero attached hydrogens (tertiary/aromatic N) is 1. The van der Waals surface area contributed by atoms with Gasteiger partial charge in [-0.1, -0.05) is 48.5 Å². The highest BCUT2D eigenvalue weighted by molar-refractivity contribution is 6.33. The number of anilines is 1. The van der Waals surface area contributed by atoms with E-state index in [1.165, 1.54) is 4.90 Å². The standard InChI is InChI=1S/C27H20ClNO4/c1-2-33-26(32)15-11-13-16(14-12-15)29-24(30)22-21-17-7-3-5-9-19(17)27(28,23(22)25(29)31)20-10-6-4-8-18(20)21/h3-14,21-23H,2H2,1H3/t21?,22-,23+,27?/m1/s1. The molecule has 0 aromatic heterocycles. The fourth-order valence-electron chi connectivity index (χ4n) is 5.89. The Balaban J connectivity index is 1.48. The second kappa shape index (κ2) is 7.03. The topological polar surface area (TPSA) is 63.7 Å². The highest BCUT2D eigenvalue weighted by Crippen LogP contribution is 2.65. The molecule has 2 atom stereocenters. The van der Waals surface area contributed by atoms with E-state index in [0.29, 0.717) is 11.3 Å². The van der Waals surface area contributed by atoms with Crippen molar-refractivity contribution in [3.8, 4) is 0 Å². The zero-order valence-corrected chi connectivity index (χ0v) is 18.6. The van der Waals surface area contributed by atoms with Gasteiger partial charge < -0.3 is 4.74 Å². The number of rotatable bonds is 3. The van der Waals surface area contributed by atoms with Crippen LogP contribution in [-0.2, 0) is 19.2 Å². The van der Waals surface area contributed by atoms with E-state index >= 15 is 0 Å². The Labute approximate surface area is 195 Å². The quantitative estimate of drug-likeness (QED) is 0.327. The molecule has 5 nitrogen and oxygen atoms in total. The minimum Gasteiger partial charge on any atom is -0.462 e. The van der Waals surface area contributed by atoms with E-state index in [1.54, 1.807) is 31.2 Å². The first-order chi connectivity index (χ1) is 16.0. The molecular weight excluding hydrogens is 438 g/mol. The molecule has 0 unspecified atom stereocenters. The molecule has 164 valence electrons. The number of benzene rings is 3. The molecule has 6 heteroatoms. The average Bonchev–Trinajstić information content (AvgIpc) is 3.11. The van der Waals surface area contributed by atoms with Crippen LogP contribution < -0.4 is 4.90 Å². The predicted molar refractivity (Wildman–Crippen MR) is 123 cm³/mol. The summed E-state index contributed by atoms with van der Waals surface area (Å²) < 4.78 is 5.03. The van der Waals surface area contributed by atoms with Gasteiger partial charge in [-0.25, -0.2) is 9.69 Å². The summed E-state index contributed by atoms with van der Waals surface area (Å²) in [7, 11) is 0. The number of imide groups is 1. The van der Waals surface area contributed by atoms with Gasteiger partial charge in [0.15, 0.2) is 0 Å².